The summed E-state index contributed by atoms with van der Waals surface area (Å²) in [4.78, 5) is 20.4. The van der Waals surface area contributed by atoms with Gasteiger partial charge in [-0.3, -0.25) is 4.90 Å². The maximum absolute atomic E-state index is 9.17. The van der Waals surface area contributed by atoms with E-state index in [0.29, 0.717) is 5.75 Å². The van der Waals surface area contributed by atoms with Crippen LogP contribution in [0, 0.1) is 0 Å². The van der Waals surface area contributed by atoms with Gasteiger partial charge in [-0.1, -0.05) is 48.5 Å². The van der Waals surface area contributed by atoms with Gasteiger partial charge in [0.2, 0.25) is 0 Å². The number of aryl methyl sites for hydroxylation is 1. The number of fused-ring (bicyclic) bond motifs is 1. The summed E-state index contributed by atoms with van der Waals surface area (Å²) in [5.74, 6) is 1.26. The Morgan fingerprint density at radius 3 is 2.06 bits per heavy atom. The van der Waals surface area contributed by atoms with E-state index < -0.39 is 8.60 Å². The van der Waals surface area contributed by atoms with Crippen molar-refractivity contribution in [1.29, 1.82) is 0 Å². The highest BCUT2D eigenvalue weighted by Crippen LogP contribution is 2.40. The van der Waals surface area contributed by atoms with Crippen molar-refractivity contribution in [3.8, 4) is 11.5 Å². The van der Waals surface area contributed by atoms with Crippen LogP contribution in [-0.2, 0) is 6.42 Å². The number of nitrogens with zero attached hydrogens (tertiary/aromatic N) is 1. The van der Waals surface area contributed by atoms with E-state index in [1.165, 1.54) is 22.3 Å². The van der Waals surface area contributed by atoms with Crippen LogP contribution in [-0.4, -0.2) is 35.0 Å². The molecule has 4 rings (SSSR count). The van der Waals surface area contributed by atoms with Gasteiger partial charge >= 0.3 is 8.60 Å². The zero-order valence-corrected chi connectivity index (χ0v) is 20.1. The molecule has 0 saturated carbocycles. The highest BCUT2D eigenvalue weighted by Gasteiger charge is 2.20. The van der Waals surface area contributed by atoms with Crippen LogP contribution in [0.4, 0.5) is 0 Å². The van der Waals surface area contributed by atoms with Gasteiger partial charge in [0.05, 0.1) is 0 Å². The van der Waals surface area contributed by atoms with E-state index in [1.807, 2.05) is 50.2 Å². The summed E-state index contributed by atoms with van der Waals surface area (Å²) in [6.07, 6.45) is 3.18. The lowest BCUT2D eigenvalue weighted by Gasteiger charge is -2.24. The van der Waals surface area contributed by atoms with Crippen molar-refractivity contribution in [3.63, 3.8) is 0 Å². The van der Waals surface area contributed by atoms with Crippen LogP contribution < -0.4 is 9.26 Å². The van der Waals surface area contributed by atoms with Crippen LogP contribution in [0.3, 0.4) is 0 Å². The van der Waals surface area contributed by atoms with Crippen LogP contribution in [0.25, 0.3) is 11.1 Å². The van der Waals surface area contributed by atoms with Crippen molar-refractivity contribution in [2.24, 2.45) is 0 Å². The largest absolute Gasteiger partial charge is 0.475 e. The van der Waals surface area contributed by atoms with Gasteiger partial charge in [-0.2, -0.15) is 0 Å². The second-order valence-corrected chi connectivity index (χ2v) is 9.13. The highest BCUT2D eigenvalue weighted by molar-refractivity contribution is 7.39. The molecule has 0 heterocycles. The van der Waals surface area contributed by atoms with Gasteiger partial charge in [0, 0.05) is 0 Å². The summed E-state index contributed by atoms with van der Waals surface area (Å²) >= 11 is 0. The van der Waals surface area contributed by atoms with Gasteiger partial charge in [0.15, 0.2) is 0 Å². The maximum atomic E-state index is 9.17. The molecule has 0 amide bonds. The lowest BCUT2D eigenvalue weighted by Crippen LogP contribution is -2.30. The number of allylic oxidation sites excluding steroid dienone is 1. The SMILES string of the molecule is CC(Oc1ccc(C(=C2CCCc3ccccc32)c2ccc(OP(O)O)cc2)cc1)N(C)C. The molecule has 1 atom stereocenters. The molecule has 6 heteroatoms. The van der Waals surface area contributed by atoms with Crippen LogP contribution in [0.15, 0.2) is 72.8 Å². The lowest BCUT2D eigenvalue weighted by atomic mass is 9.81. The maximum Gasteiger partial charge on any atom is 0.391 e. The molecule has 0 fully saturated rings. The third-order valence-corrected chi connectivity index (χ3v) is 6.40. The molecule has 0 bridgehead atoms. The van der Waals surface area contributed by atoms with Crippen LogP contribution in [0.1, 0.15) is 42.0 Å². The Bertz CT molecular complexity index is 1110. The van der Waals surface area contributed by atoms with Crippen molar-refractivity contribution < 1.29 is 19.0 Å². The highest BCUT2D eigenvalue weighted by atomic mass is 31.2. The molecule has 0 radical (unpaired) electrons. The number of hydrogen-bond donors (Lipinski definition) is 2. The second-order valence-electron chi connectivity index (χ2n) is 8.44. The molecule has 5 nitrogen and oxygen atoms in total. The van der Waals surface area contributed by atoms with Crippen molar-refractivity contribution in [3.05, 3.63) is 95.1 Å². The van der Waals surface area contributed by atoms with Crippen LogP contribution in [0.2, 0.25) is 0 Å². The Morgan fingerprint density at radius 2 is 1.45 bits per heavy atom. The van der Waals surface area contributed by atoms with E-state index in [-0.39, 0.29) is 6.23 Å². The van der Waals surface area contributed by atoms with Gasteiger partial charge in [-0.15, -0.1) is 0 Å². The second kappa shape index (κ2) is 10.5. The smallest absolute Gasteiger partial charge is 0.391 e. The number of rotatable bonds is 7. The molecule has 0 aliphatic heterocycles. The molecular weight excluding hydrogens is 433 g/mol. The van der Waals surface area contributed by atoms with E-state index in [2.05, 4.69) is 36.4 Å². The topological polar surface area (TPSA) is 62.2 Å². The van der Waals surface area contributed by atoms with Crippen molar-refractivity contribution in [2.75, 3.05) is 14.1 Å². The van der Waals surface area contributed by atoms with Crippen molar-refractivity contribution in [2.45, 2.75) is 32.4 Å². The summed E-state index contributed by atoms with van der Waals surface area (Å²) in [6.45, 7) is 2.02. The first-order valence-corrected chi connectivity index (χ1v) is 12.3. The first kappa shape index (κ1) is 23.5. The Hall–Kier alpha value is -2.69. The molecule has 3 aromatic rings. The Kier molecular flexibility index (Phi) is 7.46. The minimum atomic E-state index is -2.44. The van der Waals surface area contributed by atoms with Gasteiger partial charge < -0.3 is 19.0 Å². The molecule has 1 aliphatic carbocycles. The summed E-state index contributed by atoms with van der Waals surface area (Å²) in [6, 6.07) is 24.4. The van der Waals surface area contributed by atoms with E-state index in [9.17, 15) is 9.79 Å². The van der Waals surface area contributed by atoms with Gasteiger partial charge in [0.1, 0.15) is 17.7 Å². The monoisotopic (exact) mass is 463 g/mol. The Balaban J connectivity index is 1.78. The third-order valence-electron chi connectivity index (χ3n) is 6.02. The Labute approximate surface area is 196 Å². The number of hydrogen-bond acceptors (Lipinski definition) is 5. The predicted molar refractivity (Wildman–Crippen MR) is 134 cm³/mol. The van der Waals surface area contributed by atoms with E-state index >= 15 is 0 Å². The zero-order chi connectivity index (χ0) is 23.4. The van der Waals surface area contributed by atoms with E-state index in [1.54, 1.807) is 12.1 Å². The fourth-order valence-corrected chi connectivity index (χ4v) is 4.49. The van der Waals surface area contributed by atoms with Gasteiger partial charge in [0.25, 0.3) is 0 Å². The Morgan fingerprint density at radius 1 is 0.848 bits per heavy atom. The first-order valence-electron chi connectivity index (χ1n) is 11.1. The quantitative estimate of drug-likeness (QED) is 0.340. The fraction of sp³-hybridized carbons (Fsp3) is 0.259. The fourth-order valence-electron chi connectivity index (χ4n) is 4.18. The van der Waals surface area contributed by atoms with Gasteiger partial charge in [-0.05, 0) is 97.9 Å². The van der Waals surface area contributed by atoms with Crippen LogP contribution in [0.5, 0.6) is 11.5 Å². The summed E-state index contributed by atoms with van der Waals surface area (Å²) in [5, 5.41) is 0. The standard InChI is InChI=1S/C27H30NO4P/c1-19(28(2)3)31-23-15-11-21(12-16-23)27(22-13-17-24(18-14-22)32-33(29)30)26-10-6-8-20-7-4-5-9-25(20)26/h4-5,7,9,11-19,29-30H,6,8,10H2,1-3H3. The molecule has 1 unspecified atom stereocenters. The zero-order valence-electron chi connectivity index (χ0n) is 19.2. The molecular formula is C27H30NO4P. The summed E-state index contributed by atoms with van der Waals surface area (Å²) in [7, 11) is 1.55. The third kappa shape index (κ3) is 5.63. The molecule has 1 aliphatic rings. The summed E-state index contributed by atoms with van der Waals surface area (Å²) in [5.41, 5.74) is 7.36. The van der Waals surface area contributed by atoms with Crippen molar-refractivity contribution >= 4 is 19.7 Å². The summed E-state index contributed by atoms with van der Waals surface area (Å²) < 4.78 is 11.1. The molecule has 2 N–H and O–H groups in total. The molecule has 33 heavy (non-hydrogen) atoms. The van der Waals surface area contributed by atoms with Crippen LogP contribution >= 0.6 is 8.60 Å². The van der Waals surface area contributed by atoms with Crippen molar-refractivity contribution in [1.82, 2.24) is 4.90 Å². The minimum absolute atomic E-state index is 0.0185. The molecule has 172 valence electrons. The number of ether oxygens (including phenoxy) is 1. The minimum Gasteiger partial charge on any atom is -0.475 e. The number of benzene rings is 3. The average molecular weight is 464 g/mol. The first-order chi connectivity index (χ1) is 15.9. The van der Waals surface area contributed by atoms with Gasteiger partial charge in [-0.25, -0.2) is 0 Å². The van der Waals surface area contributed by atoms with E-state index in [4.69, 9.17) is 9.26 Å². The molecule has 3 aromatic carbocycles. The van der Waals surface area contributed by atoms with E-state index in [0.717, 1.165) is 36.1 Å². The molecule has 0 saturated heterocycles. The predicted octanol–water partition coefficient (Wildman–Crippen LogP) is 5.86. The molecule has 0 aromatic heterocycles. The average Bonchev–Trinajstić information content (AvgIpc) is 2.81. The molecule has 0 spiro atoms. The normalized spacial score (nSPS) is 15.8. The lowest BCUT2D eigenvalue weighted by molar-refractivity contribution is 0.0815.